The fourth-order valence-electron chi connectivity index (χ4n) is 6.53. The number of alkyl halides is 6. The molecule has 0 radical (unpaired) electrons. The molecule has 1 N–H and O–H groups in total. The monoisotopic (exact) mass is 867 g/mol. The summed E-state index contributed by atoms with van der Waals surface area (Å²) in [7, 11) is -8.77. The van der Waals surface area contributed by atoms with Crippen molar-refractivity contribution in [3.63, 3.8) is 0 Å². The van der Waals surface area contributed by atoms with E-state index in [9.17, 15) is 40.7 Å². The van der Waals surface area contributed by atoms with Crippen LogP contribution in [-0.2, 0) is 37.4 Å². The summed E-state index contributed by atoms with van der Waals surface area (Å²) in [6.07, 6.45) is -6.71. The zero-order chi connectivity index (χ0) is 43.5. The Bertz CT molecular complexity index is 1210. The van der Waals surface area contributed by atoms with Crippen LogP contribution in [-0.4, -0.2) is 105 Å². The third-order valence-electron chi connectivity index (χ3n) is 10.4. The van der Waals surface area contributed by atoms with Gasteiger partial charge in [0, 0.05) is 36.8 Å². The first-order chi connectivity index (χ1) is 25.7. The van der Waals surface area contributed by atoms with Crippen LogP contribution >= 0.6 is 0 Å². The third kappa shape index (κ3) is 20.5. The molecule has 0 spiro atoms. The smallest absolute Gasteiger partial charge is 0.407 e. The quantitative estimate of drug-likeness (QED) is 0.0196. The summed E-state index contributed by atoms with van der Waals surface area (Å²) in [5.41, 5.74) is -2.07. The van der Waals surface area contributed by atoms with Gasteiger partial charge in [-0.05, 0) is 64.3 Å². The second kappa shape index (κ2) is 24.0. The Morgan fingerprint density at radius 2 is 1.25 bits per heavy atom. The number of nitrogens with one attached hydrogen (secondary N) is 1. The average molecular weight is 868 g/mol. The van der Waals surface area contributed by atoms with Gasteiger partial charge in [-0.3, -0.25) is 0 Å². The fraction of sp³-hybridized carbons (Fsp3) is 0.811. The number of amides is 1. The van der Waals surface area contributed by atoms with E-state index in [2.05, 4.69) is 31.6 Å². The summed E-state index contributed by atoms with van der Waals surface area (Å²) in [5, 5.41) is 1.80. The Kier molecular flexibility index (Phi) is 23.1. The molecule has 0 fully saturated rings. The molecule has 0 saturated heterocycles. The van der Waals surface area contributed by atoms with Gasteiger partial charge in [-0.2, -0.15) is 26.3 Å². The fourth-order valence-corrected chi connectivity index (χ4v) is 19.5. The summed E-state index contributed by atoms with van der Waals surface area (Å²) < 4.78 is 116. The molecule has 328 valence electrons. The van der Waals surface area contributed by atoms with Gasteiger partial charge in [-0.15, -0.1) is 0 Å². The Hall–Kier alpha value is -2.20. The lowest BCUT2D eigenvalue weighted by atomic mass is 10.1. The third-order valence-corrected chi connectivity index (χ3v) is 23.3. The highest BCUT2D eigenvalue weighted by molar-refractivity contribution is 6.82. The van der Waals surface area contributed by atoms with Gasteiger partial charge in [0.05, 0.1) is 20.4 Å². The van der Waals surface area contributed by atoms with Crippen LogP contribution in [0.5, 0.6) is 0 Å². The van der Waals surface area contributed by atoms with Crippen molar-refractivity contribution in [3.8, 4) is 0 Å². The first kappa shape index (κ1) is 53.8. The van der Waals surface area contributed by atoms with Gasteiger partial charge in [0.2, 0.25) is 8.32 Å². The Labute approximate surface area is 333 Å². The van der Waals surface area contributed by atoms with Gasteiger partial charge in [-0.1, -0.05) is 65.9 Å². The number of carbonyl (C=O) groups is 3. The van der Waals surface area contributed by atoms with Crippen LogP contribution in [0.2, 0.25) is 50.4 Å². The molecule has 3 unspecified atom stereocenters. The minimum absolute atomic E-state index is 0.0541. The predicted octanol–water partition coefficient (Wildman–Crippen LogP) is 9.96. The van der Waals surface area contributed by atoms with Crippen LogP contribution in [0.15, 0.2) is 25.3 Å². The lowest BCUT2D eigenvalue weighted by molar-refractivity contribution is -0.144. The molecule has 0 aromatic rings. The van der Waals surface area contributed by atoms with E-state index in [-0.39, 0.29) is 38.5 Å². The summed E-state index contributed by atoms with van der Waals surface area (Å²) in [4.78, 5) is 35.6. The zero-order valence-electron chi connectivity index (χ0n) is 34.9. The number of rotatable bonds is 29. The lowest BCUT2D eigenvalue weighted by Gasteiger charge is -2.52. The van der Waals surface area contributed by atoms with Crippen molar-refractivity contribution in [2.24, 2.45) is 0 Å². The van der Waals surface area contributed by atoms with Crippen molar-refractivity contribution in [1.82, 2.24) is 5.32 Å². The topological polar surface area (TPSA) is 119 Å². The number of esters is 2. The van der Waals surface area contributed by atoms with Crippen LogP contribution in [0, 0.1) is 0 Å². The van der Waals surface area contributed by atoms with Crippen LogP contribution in [0.25, 0.3) is 0 Å². The molecule has 3 atom stereocenters. The molecule has 19 heteroatoms. The van der Waals surface area contributed by atoms with E-state index in [1.54, 1.807) is 20.0 Å². The SMILES string of the molecule is C=CC(=O)OCC(C)(COC(=O)C=C)NC(=O)OCCOCCC[Si](C)(C)C(CC)(CC)O[Si](C)(CCC(F)(F)F)C(C)O[Si](C)(CCCC)CCC(F)(F)F. The number of unbranched alkanes of at least 4 members (excludes halogenated alkanes) is 1. The van der Waals surface area contributed by atoms with E-state index in [0.717, 1.165) is 18.6 Å². The molecule has 0 rings (SSSR count). The second-order valence-corrected chi connectivity index (χ2v) is 29.2. The molecule has 10 nitrogen and oxygen atoms in total. The molecule has 56 heavy (non-hydrogen) atoms. The van der Waals surface area contributed by atoms with Crippen LogP contribution in [0.1, 0.15) is 79.6 Å². The van der Waals surface area contributed by atoms with E-state index in [1.165, 1.54) is 6.92 Å². The van der Waals surface area contributed by atoms with Crippen molar-refractivity contribution < 1.29 is 68.5 Å². The van der Waals surface area contributed by atoms with Gasteiger partial charge in [0.25, 0.3) is 0 Å². The number of hydrogen-bond acceptors (Lipinski definition) is 9. The highest BCUT2D eigenvalue weighted by Gasteiger charge is 2.53. The highest BCUT2D eigenvalue weighted by atomic mass is 28.4. The summed E-state index contributed by atoms with van der Waals surface area (Å²) in [6, 6.07) is 0.759. The van der Waals surface area contributed by atoms with Crippen LogP contribution in [0.4, 0.5) is 31.1 Å². The van der Waals surface area contributed by atoms with Crippen molar-refractivity contribution in [2.75, 3.05) is 33.0 Å². The maximum absolute atomic E-state index is 13.7. The van der Waals surface area contributed by atoms with E-state index in [1.807, 2.05) is 20.8 Å². The van der Waals surface area contributed by atoms with E-state index < -0.39 is 84.4 Å². The van der Waals surface area contributed by atoms with E-state index in [0.29, 0.717) is 44.4 Å². The van der Waals surface area contributed by atoms with Crippen LogP contribution in [0.3, 0.4) is 0 Å². The van der Waals surface area contributed by atoms with Gasteiger partial charge in [0.15, 0.2) is 8.32 Å². The molecule has 0 aliphatic carbocycles. The highest BCUT2D eigenvalue weighted by Crippen LogP contribution is 2.42. The Morgan fingerprint density at radius 3 is 1.71 bits per heavy atom. The molecule has 0 aromatic heterocycles. The Balaban J connectivity index is 5.70. The minimum Gasteiger partial charge on any atom is -0.460 e. The number of halogens is 6. The van der Waals surface area contributed by atoms with Gasteiger partial charge < -0.3 is 33.1 Å². The Morgan fingerprint density at radius 1 is 0.732 bits per heavy atom. The van der Waals surface area contributed by atoms with Crippen molar-refractivity contribution in [2.45, 2.75) is 159 Å². The first-order valence-electron chi connectivity index (χ1n) is 19.3. The summed E-state index contributed by atoms with van der Waals surface area (Å²) >= 11 is 0. The molecule has 0 aromatic carbocycles. The molecule has 0 aliphatic heterocycles. The molecular weight excluding hydrogens is 801 g/mol. The average Bonchev–Trinajstić information content (AvgIpc) is 3.11. The number of carbonyl (C=O) groups excluding carboxylic acids is 3. The summed E-state index contributed by atoms with van der Waals surface area (Å²) in [5.74, 6) is -1.48. The molecule has 1 amide bonds. The molecule has 0 saturated carbocycles. The van der Waals surface area contributed by atoms with Crippen molar-refractivity contribution in [3.05, 3.63) is 25.3 Å². The lowest BCUT2D eigenvalue weighted by Crippen LogP contribution is -2.64. The number of ether oxygens (including phenoxy) is 4. The van der Waals surface area contributed by atoms with E-state index in [4.69, 9.17) is 27.8 Å². The number of alkyl carbamates (subject to hydrolysis) is 1. The number of hydrogen-bond donors (Lipinski definition) is 1. The van der Waals surface area contributed by atoms with E-state index >= 15 is 0 Å². The standard InChI is InChI=1S/C37H67F6NO9Si3/c1-12-17-25-55(10,26-19-36(38,39)40)52-30(6)56(11,27-20-37(41,42)43)53-35(15-4,16-5)54(8,9)24-18-21-48-22-23-49-33(47)44-34(7,28-50-31(45)13-2)29-51-32(46)14-3/h13-14,30H,2-3,12,15-29H2,1,4-11H3,(H,44,47). The van der Waals surface area contributed by atoms with Gasteiger partial charge in [0.1, 0.15) is 25.4 Å². The van der Waals surface area contributed by atoms with Crippen molar-refractivity contribution in [1.29, 1.82) is 0 Å². The zero-order valence-corrected chi connectivity index (χ0v) is 37.9. The first-order valence-corrected chi connectivity index (χ1v) is 28.0. The summed E-state index contributed by atoms with van der Waals surface area (Å²) in [6.45, 7) is 23.0. The molecule has 0 bridgehead atoms. The minimum atomic E-state index is -4.44. The largest absolute Gasteiger partial charge is 0.460 e. The second-order valence-electron chi connectivity index (χ2n) is 15.7. The van der Waals surface area contributed by atoms with Gasteiger partial charge >= 0.3 is 30.4 Å². The normalized spacial score (nSPS) is 15.6. The van der Waals surface area contributed by atoms with Crippen molar-refractivity contribution >= 4 is 42.7 Å². The predicted molar refractivity (Wildman–Crippen MR) is 212 cm³/mol. The molecular formula is C37H67F6NO9Si3. The van der Waals surface area contributed by atoms with Gasteiger partial charge in [-0.25, -0.2) is 14.4 Å². The van der Waals surface area contributed by atoms with Crippen LogP contribution < -0.4 is 5.32 Å². The maximum atomic E-state index is 13.7. The maximum Gasteiger partial charge on any atom is 0.407 e. The molecule has 0 heterocycles. The molecule has 0 aliphatic rings.